The molecule has 152 valence electrons. The predicted octanol–water partition coefficient (Wildman–Crippen LogP) is 1.64. The van der Waals surface area contributed by atoms with Crippen LogP contribution in [0.25, 0.3) is 11.0 Å². The third-order valence-electron chi connectivity index (χ3n) is 4.82. The second kappa shape index (κ2) is 8.72. The van der Waals surface area contributed by atoms with Gasteiger partial charge in [-0.15, -0.1) is 0 Å². The summed E-state index contributed by atoms with van der Waals surface area (Å²) in [5.74, 6) is -0.982. The van der Waals surface area contributed by atoms with E-state index in [4.69, 9.17) is 0 Å². The Balaban J connectivity index is 1.65. The topological polar surface area (TPSA) is 76.3 Å². The molecule has 3 rings (SSSR count). The number of hydrogen-bond donors (Lipinski definition) is 1. The first-order valence-electron chi connectivity index (χ1n) is 9.34. The third kappa shape index (κ3) is 4.53. The number of halogens is 1. The van der Waals surface area contributed by atoms with Gasteiger partial charge in [0.05, 0.1) is 17.6 Å². The Morgan fingerprint density at radius 2 is 1.72 bits per heavy atom. The number of carbonyl (C=O) groups is 2. The van der Waals surface area contributed by atoms with E-state index in [0.29, 0.717) is 12.1 Å². The first-order chi connectivity index (χ1) is 13.9. The molecule has 0 aliphatic rings. The van der Waals surface area contributed by atoms with Crippen LogP contribution in [0.2, 0.25) is 0 Å². The second-order valence-electron chi connectivity index (χ2n) is 6.73. The monoisotopic (exact) mass is 398 g/mol. The molecule has 29 heavy (non-hydrogen) atoms. The van der Waals surface area contributed by atoms with E-state index in [2.05, 4.69) is 5.32 Å². The SMILES string of the molecule is CCN(CC(=O)NCc1ccc(F)cc1)C(=O)Cn1c(=O)n(C)c2ccccc21. The molecule has 0 fully saturated rings. The fraction of sp³-hybridized carbons (Fsp3) is 0.286. The summed E-state index contributed by atoms with van der Waals surface area (Å²) >= 11 is 0. The number of aryl methyl sites for hydroxylation is 1. The van der Waals surface area contributed by atoms with Crippen LogP contribution in [-0.2, 0) is 29.7 Å². The minimum Gasteiger partial charge on any atom is -0.350 e. The minimum atomic E-state index is -0.341. The molecule has 0 atom stereocenters. The van der Waals surface area contributed by atoms with Crippen LogP contribution < -0.4 is 11.0 Å². The van der Waals surface area contributed by atoms with Crippen molar-refractivity contribution in [2.75, 3.05) is 13.1 Å². The lowest BCUT2D eigenvalue weighted by Gasteiger charge is -2.20. The molecular formula is C21H23FN4O3. The molecule has 0 saturated heterocycles. The number of imidazole rings is 1. The fourth-order valence-corrected chi connectivity index (χ4v) is 3.16. The van der Waals surface area contributed by atoms with Gasteiger partial charge in [0.15, 0.2) is 0 Å². The van der Waals surface area contributed by atoms with Gasteiger partial charge in [-0.25, -0.2) is 9.18 Å². The minimum absolute atomic E-state index is 0.115. The molecule has 0 aliphatic carbocycles. The number of likely N-dealkylation sites (N-methyl/N-ethyl adjacent to an activating group) is 1. The Kier molecular flexibility index (Phi) is 6.11. The van der Waals surface area contributed by atoms with Gasteiger partial charge >= 0.3 is 5.69 Å². The normalized spacial score (nSPS) is 10.9. The zero-order chi connectivity index (χ0) is 21.0. The van der Waals surface area contributed by atoms with Gasteiger partial charge in [0.25, 0.3) is 0 Å². The van der Waals surface area contributed by atoms with Crippen LogP contribution in [0.3, 0.4) is 0 Å². The number of para-hydroxylation sites is 2. The van der Waals surface area contributed by atoms with E-state index in [0.717, 1.165) is 11.1 Å². The van der Waals surface area contributed by atoms with Gasteiger partial charge in [0.2, 0.25) is 11.8 Å². The number of nitrogens with one attached hydrogen (secondary N) is 1. The zero-order valence-electron chi connectivity index (χ0n) is 16.4. The summed E-state index contributed by atoms with van der Waals surface area (Å²) in [6.45, 7) is 2.10. The standard InChI is InChI=1S/C21H23FN4O3/c1-3-25(13-19(27)23-12-15-8-10-16(22)11-9-15)20(28)14-26-18-7-5-4-6-17(18)24(2)21(26)29/h4-11H,3,12-14H2,1-2H3,(H,23,27). The maximum Gasteiger partial charge on any atom is 0.329 e. The molecule has 3 aromatic rings. The summed E-state index contributed by atoms with van der Waals surface area (Å²) in [5, 5.41) is 2.72. The molecule has 1 aromatic heterocycles. The summed E-state index contributed by atoms with van der Waals surface area (Å²) in [6.07, 6.45) is 0. The van der Waals surface area contributed by atoms with Crippen molar-refractivity contribution in [1.29, 1.82) is 0 Å². The highest BCUT2D eigenvalue weighted by atomic mass is 19.1. The zero-order valence-corrected chi connectivity index (χ0v) is 16.4. The van der Waals surface area contributed by atoms with Crippen molar-refractivity contribution in [3.63, 3.8) is 0 Å². The van der Waals surface area contributed by atoms with E-state index in [9.17, 15) is 18.8 Å². The largest absolute Gasteiger partial charge is 0.350 e. The third-order valence-corrected chi connectivity index (χ3v) is 4.82. The Hall–Kier alpha value is -3.42. The molecule has 7 nitrogen and oxygen atoms in total. The number of rotatable bonds is 7. The molecule has 8 heteroatoms. The highest BCUT2D eigenvalue weighted by Gasteiger charge is 2.19. The maximum absolute atomic E-state index is 12.9. The first kappa shape index (κ1) is 20.3. The van der Waals surface area contributed by atoms with Gasteiger partial charge in [-0.2, -0.15) is 0 Å². The van der Waals surface area contributed by atoms with E-state index in [1.54, 1.807) is 32.2 Å². The van der Waals surface area contributed by atoms with Gasteiger partial charge in [0, 0.05) is 20.1 Å². The number of benzene rings is 2. The molecule has 0 aliphatic heterocycles. The predicted molar refractivity (Wildman–Crippen MR) is 108 cm³/mol. The number of nitrogens with zero attached hydrogens (tertiary/aromatic N) is 3. The highest BCUT2D eigenvalue weighted by Crippen LogP contribution is 2.11. The Bertz CT molecular complexity index is 1090. The van der Waals surface area contributed by atoms with Gasteiger partial charge in [-0.1, -0.05) is 24.3 Å². The number of amides is 2. The van der Waals surface area contributed by atoms with E-state index in [1.807, 2.05) is 18.2 Å². The Labute approximate surface area is 167 Å². The number of aromatic nitrogens is 2. The van der Waals surface area contributed by atoms with Crippen molar-refractivity contribution in [1.82, 2.24) is 19.4 Å². The Morgan fingerprint density at radius 3 is 2.38 bits per heavy atom. The van der Waals surface area contributed by atoms with Crippen molar-refractivity contribution in [3.05, 3.63) is 70.4 Å². The number of fused-ring (bicyclic) bond motifs is 1. The number of hydrogen-bond acceptors (Lipinski definition) is 3. The molecule has 0 bridgehead atoms. The van der Waals surface area contributed by atoms with Crippen LogP contribution in [0.4, 0.5) is 4.39 Å². The quantitative estimate of drug-likeness (QED) is 0.658. The van der Waals surface area contributed by atoms with Gasteiger partial charge in [-0.3, -0.25) is 18.7 Å². The molecule has 1 N–H and O–H groups in total. The van der Waals surface area contributed by atoms with Gasteiger partial charge in [0.1, 0.15) is 12.4 Å². The molecule has 0 unspecified atom stereocenters. The molecule has 0 radical (unpaired) electrons. The van der Waals surface area contributed by atoms with Crippen molar-refractivity contribution in [2.45, 2.75) is 20.0 Å². The highest BCUT2D eigenvalue weighted by molar-refractivity contribution is 5.86. The van der Waals surface area contributed by atoms with Crippen LogP contribution >= 0.6 is 0 Å². The maximum atomic E-state index is 12.9. The lowest BCUT2D eigenvalue weighted by atomic mass is 10.2. The summed E-state index contributed by atoms with van der Waals surface area (Å²) in [6, 6.07) is 13.1. The average Bonchev–Trinajstić information content (AvgIpc) is 2.96. The van der Waals surface area contributed by atoms with E-state index >= 15 is 0 Å². The molecule has 2 aromatic carbocycles. The molecule has 0 spiro atoms. The van der Waals surface area contributed by atoms with Gasteiger partial charge in [-0.05, 0) is 36.8 Å². The van der Waals surface area contributed by atoms with E-state index in [-0.39, 0.29) is 43.0 Å². The molecule has 1 heterocycles. The number of carbonyl (C=O) groups excluding carboxylic acids is 2. The van der Waals surface area contributed by atoms with Crippen molar-refractivity contribution >= 4 is 22.8 Å². The lowest BCUT2D eigenvalue weighted by molar-refractivity contribution is -0.136. The van der Waals surface area contributed by atoms with Crippen LogP contribution in [0.15, 0.2) is 53.3 Å². The first-order valence-corrected chi connectivity index (χ1v) is 9.34. The van der Waals surface area contributed by atoms with Crippen LogP contribution in [0, 0.1) is 5.82 Å². The smallest absolute Gasteiger partial charge is 0.329 e. The lowest BCUT2D eigenvalue weighted by Crippen LogP contribution is -2.42. The van der Waals surface area contributed by atoms with Crippen LogP contribution in [0.5, 0.6) is 0 Å². The molecular weight excluding hydrogens is 375 g/mol. The second-order valence-corrected chi connectivity index (χ2v) is 6.73. The summed E-state index contributed by atoms with van der Waals surface area (Å²) in [5.41, 5.74) is 1.89. The summed E-state index contributed by atoms with van der Waals surface area (Å²) in [7, 11) is 1.66. The fourth-order valence-electron chi connectivity index (χ4n) is 3.16. The summed E-state index contributed by atoms with van der Waals surface area (Å²) < 4.78 is 15.8. The van der Waals surface area contributed by atoms with Gasteiger partial charge < -0.3 is 10.2 Å². The van der Waals surface area contributed by atoms with E-state index < -0.39 is 0 Å². The van der Waals surface area contributed by atoms with Crippen molar-refractivity contribution in [2.24, 2.45) is 7.05 Å². The van der Waals surface area contributed by atoms with Crippen molar-refractivity contribution < 1.29 is 14.0 Å². The average molecular weight is 398 g/mol. The van der Waals surface area contributed by atoms with Crippen molar-refractivity contribution in [3.8, 4) is 0 Å². The molecule has 0 saturated carbocycles. The molecule has 2 amide bonds. The van der Waals surface area contributed by atoms with Crippen LogP contribution in [0.1, 0.15) is 12.5 Å². The van der Waals surface area contributed by atoms with Crippen LogP contribution in [-0.4, -0.2) is 38.9 Å². The van der Waals surface area contributed by atoms with E-state index in [1.165, 1.54) is 26.2 Å². The summed E-state index contributed by atoms with van der Waals surface area (Å²) in [4.78, 5) is 38.9. The Morgan fingerprint density at radius 1 is 1.07 bits per heavy atom.